The minimum Gasteiger partial charge on any atom is -0.399 e. The molecular formula is C21H18N4O. The molecule has 1 aliphatic rings. The van der Waals surface area contributed by atoms with Crippen LogP contribution in [-0.2, 0) is 13.0 Å². The van der Waals surface area contributed by atoms with Gasteiger partial charge in [0, 0.05) is 17.7 Å². The van der Waals surface area contributed by atoms with Gasteiger partial charge in [0.2, 0.25) is 0 Å². The largest absolute Gasteiger partial charge is 0.399 e. The lowest BCUT2D eigenvalue weighted by Crippen LogP contribution is -2.14. The van der Waals surface area contributed by atoms with Gasteiger partial charge in [-0.15, -0.1) is 0 Å². The highest BCUT2D eigenvalue weighted by Crippen LogP contribution is 2.32. The first kappa shape index (κ1) is 16.1. The predicted octanol–water partition coefficient (Wildman–Crippen LogP) is 3.57. The Hall–Kier alpha value is -3.39. The van der Waals surface area contributed by atoms with Crippen molar-refractivity contribution in [3.05, 3.63) is 70.9 Å². The number of nitriles is 1. The van der Waals surface area contributed by atoms with E-state index in [4.69, 9.17) is 16.1 Å². The molecule has 0 amide bonds. The maximum atomic E-state index is 12.6. The van der Waals surface area contributed by atoms with E-state index in [2.05, 4.69) is 6.07 Å². The molecule has 0 saturated heterocycles. The average Bonchev–Trinajstić information content (AvgIpc) is 3.02. The summed E-state index contributed by atoms with van der Waals surface area (Å²) >= 11 is 0. The molecule has 3 aromatic rings. The van der Waals surface area contributed by atoms with E-state index in [-0.39, 0.29) is 5.78 Å². The van der Waals surface area contributed by atoms with Gasteiger partial charge in [0.15, 0.2) is 5.78 Å². The standard InChI is InChI=1S/C21H18N4O/c22-12-14-4-1-5-15(10-14)13-25-18-8-3-9-19(26)20(18)21(24-25)16-6-2-7-17(23)11-16/h1-2,4-7,10-11H,3,8-9,13,23H2. The number of nitrogens with two attached hydrogens (primary N) is 1. The fraction of sp³-hybridized carbons (Fsp3) is 0.190. The zero-order valence-electron chi connectivity index (χ0n) is 14.3. The monoisotopic (exact) mass is 342 g/mol. The molecule has 1 aliphatic carbocycles. The second kappa shape index (κ2) is 6.49. The van der Waals surface area contributed by atoms with Gasteiger partial charge in [-0.3, -0.25) is 9.48 Å². The molecule has 2 aromatic carbocycles. The van der Waals surface area contributed by atoms with Crippen LogP contribution < -0.4 is 5.73 Å². The minimum absolute atomic E-state index is 0.140. The highest BCUT2D eigenvalue weighted by molar-refractivity contribution is 6.03. The number of carbonyl (C=O) groups is 1. The Balaban J connectivity index is 1.82. The van der Waals surface area contributed by atoms with E-state index in [1.807, 2.05) is 47.1 Å². The van der Waals surface area contributed by atoms with Crippen molar-refractivity contribution in [1.29, 1.82) is 5.26 Å². The molecule has 4 rings (SSSR count). The van der Waals surface area contributed by atoms with Gasteiger partial charge in [-0.1, -0.05) is 24.3 Å². The van der Waals surface area contributed by atoms with Crippen LogP contribution in [0, 0.1) is 11.3 Å². The van der Waals surface area contributed by atoms with Gasteiger partial charge in [-0.2, -0.15) is 10.4 Å². The molecule has 1 heterocycles. The number of nitrogen functional groups attached to an aromatic ring is 1. The van der Waals surface area contributed by atoms with Crippen LogP contribution in [0.4, 0.5) is 5.69 Å². The van der Waals surface area contributed by atoms with E-state index in [1.54, 1.807) is 6.07 Å². The molecule has 0 radical (unpaired) electrons. The molecule has 5 nitrogen and oxygen atoms in total. The number of rotatable bonds is 3. The summed E-state index contributed by atoms with van der Waals surface area (Å²) in [6.07, 6.45) is 2.22. The van der Waals surface area contributed by atoms with E-state index in [0.29, 0.717) is 29.9 Å². The first-order valence-corrected chi connectivity index (χ1v) is 8.63. The summed E-state index contributed by atoms with van der Waals surface area (Å²) in [5.41, 5.74) is 11.4. The summed E-state index contributed by atoms with van der Waals surface area (Å²) < 4.78 is 1.90. The van der Waals surface area contributed by atoms with Crippen molar-refractivity contribution in [2.75, 3.05) is 5.73 Å². The van der Waals surface area contributed by atoms with Gasteiger partial charge in [0.25, 0.3) is 0 Å². The number of carbonyl (C=O) groups excluding carboxylic acids is 1. The van der Waals surface area contributed by atoms with Crippen molar-refractivity contribution in [2.24, 2.45) is 0 Å². The highest BCUT2D eigenvalue weighted by atomic mass is 16.1. The number of hydrogen-bond acceptors (Lipinski definition) is 4. The van der Waals surface area contributed by atoms with Crippen molar-refractivity contribution in [2.45, 2.75) is 25.8 Å². The van der Waals surface area contributed by atoms with Gasteiger partial charge in [-0.25, -0.2) is 0 Å². The first-order valence-electron chi connectivity index (χ1n) is 8.63. The molecule has 26 heavy (non-hydrogen) atoms. The number of anilines is 1. The Labute approximate surface area is 151 Å². The summed E-state index contributed by atoms with van der Waals surface area (Å²) in [6, 6.07) is 17.1. The summed E-state index contributed by atoms with van der Waals surface area (Å²) in [5.74, 6) is 0.140. The third-order valence-corrected chi connectivity index (χ3v) is 4.70. The molecule has 0 atom stereocenters. The zero-order chi connectivity index (χ0) is 18.1. The third-order valence-electron chi connectivity index (χ3n) is 4.70. The van der Waals surface area contributed by atoms with Crippen molar-refractivity contribution in [3.8, 4) is 17.3 Å². The number of benzene rings is 2. The molecule has 0 bridgehead atoms. The van der Waals surface area contributed by atoms with E-state index >= 15 is 0 Å². The normalized spacial score (nSPS) is 13.3. The summed E-state index contributed by atoms with van der Waals surface area (Å²) in [5, 5.41) is 13.9. The number of hydrogen-bond donors (Lipinski definition) is 1. The number of aromatic nitrogens is 2. The summed E-state index contributed by atoms with van der Waals surface area (Å²) in [4.78, 5) is 12.6. The van der Waals surface area contributed by atoms with Crippen LogP contribution in [0.15, 0.2) is 48.5 Å². The molecule has 0 fully saturated rings. The fourth-order valence-electron chi connectivity index (χ4n) is 3.52. The fourth-order valence-corrected chi connectivity index (χ4v) is 3.52. The number of nitrogens with zero attached hydrogens (tertiary/aromatic N) is 3. The molecule has 0 aliphatic heterocycles. The van der Waals surface area contributed by atoms with Crippen molar-refractivity contribution < 1.29 is 4.79 Å². The van der Waals surface area contributed by atoms with Gasteiger partial charge >= 0.3 is 0 Å². The van der Waals surface area contributed by atoms with E-state index in [9.17, 15) is 4.79 Å². The average molecular weight is 342 g/mol. The molecule has 5 heteroatoms. The number of fused-ring (bicyclic) bond motifs is 1. The Kier molecular flexibility index (Phi) is 4.02. The molecule has 1 aromatic heterocycles. The zero-order valence-corrected chi connectivity index (χ0v) is 14.3. The molecule has 128 valence electrons. The maximum Gasteiger partial charge on any atom is 0.166 e. The Morgan fingerprint density at radius 3 is 2.81 bits per heavy atom. The Bertz CT molecular complexity index is 1040. The molecule has 2 N–H and O–H groups in total. The van der Waals surface area contributed by atoms with E-state index in [0.717, 1.165) is 35.2 Å². The van der Waals surface area contributed by atoms with Gasteiger partial charge in [0.05, 0.1) is 29.4 Å². The van der Waals surface area contributed by atoms with Crippen LogP contribution in [0.3, 0.4) is 0 Å². The second-order valence-electron chi connectivity index (χ2n) is 6.54. The van der Waals surface area contributed by atoms with E-state index < -0.39 is 0 Å². The van der Waals surface area contributed by atoms with Crippen molar-refractivity contribution in [1.82, 2.24) is 9.78 Å². The summed E-state index contributed by atoms with van der Waals surface area (Å²) in [7, 11) is 0. The van der Waals surface area contributed by atoms with Crippen LogP contribution in [0.1, 0.15) is 40.0 Å². The van der Waals surface area contributed by atoms with Crippen LogP contribution in [-0.4, -0.2) is 15.6 Å². The van der Waals surface area contributed by atoms with Crippen LogP contribution in [0.2, 0.25) is 0 Å². The first-order chi connectivity index (χ1) is 12.7. The lowest BCUT2D eigenvalue weighted by molar-refractivity contribution is 0.0972. The second-order valence-corrected chi connectivity index (χ2v) is 6.54. The lowest BCUT2D eigenvalue weighted by Gasteiger charge is -2.13. The molecular weight excluding hydrogens is 324 g/mol. The minimum atomic E-state index is 0.140. The predicted molar refractivity (Wildman–Crippen MR) is 99.6 cm³/mol. The lowest BCUT2D eigenvalue weighted by atomic mass is 9.92. The quantitative estimate of drug-likeness (QED) is 0.737. The number of ketones is 1. The SMILES string of the molecule is N#Cc1cccc(Cn2nc(-c3cccc(N)c3)c3c2CCCC3=O)c1. The van der Waals surface area contributed by atoms with Gasteiger partial charge in [0.1, 0.15) is 5.69 Å². The van der Waals surface area contributed by atoms with Crippen LogP contribution in [0.25, 0.3) is 11.3 Å². The van der Waals surface area contributed by atoms with Gasteiger partial charge in [-0.05, 0) is 42.7 Å². The third kappa shape index (κ3) is 2.86. The van der Waals surface area contributed by atoms with Crippen molar-refractivity contribution in [3.63, 3.8) is 0 Å². The van der Waals surface area contributed by atoms with Crippen molar-refractivity contribution >= 4 is 11.5 Å². The highest BCUT2D eigenvalue weighted by Gasteiger charge is 2.27. The maximum absolute atomic E-state index is 12.6. The molecule has 0 spiro atoms. The Morgan fingerprint density at radius 1 is 1.15 bits per heavy atom. The topological polar surface area (TPSA) is 84.7 Å². The summed E-state index contributed by atoms with van der Waals surface area (Å²) in [6.45, 7) is 0.535. The van der Waals surface area contributed by atoms with E-state index in [1.165, 1.54) is 0 Å². The molecule has 0 saturated carbocycles. The Morgan fingerprint density at radius 2 is 2.00 bits per heavy atom. The van der Waals surface area contributed by atoms with Crippen LogP contribution in [0.5, 0.6) is 0 Å². The van der Waals surface area contributed by atoms with Gasteiger partial charge < -0.3 is 5.73 Å². The molecule has 0 unspecified atom stereocenters. The smallest absolute Gasteiger partial charge is 0.166 e. The number of Topliss-reactive ketones (excluding diaryl/α,β-unsaturated/α-hetero) is 1. The van der Waals surface area contributed by atoms with Crippen LogP contribution >= 0.6 is 0 Å².